The van der Waals surface area contributed by atoms with E-state index in [1.165, 1.54) is 7.11 Å². The van der Waals surface area contributed by atoms with Gasteiger partial charge in [-0.1, -0.05) is 18.5 Å². The summed E-state index contributed by atoms with van der Waals surface area (Å²) in [6.07, 6.45) is 0. The largest absolute Gasteiger partial charge is 0.469 e. The van der Waals surface area contributed by atoms with Gasteiger partial charge in [0.15, 0.2) is 0 Å². The molecular weight excluding hydrogens is 294 g/mol. The SMILES string of the molecule is COCCN(CC(C)C(=O)OC)C(=O)c1ccc(Cl)cc1. The Morgan fingerprint density at radius 3 is 2.38 bits per heavy atom. The summed E-state index contributed by atoms with van der Waals surface area (Å²) in [6, 6.07) is 6.64. The minimum Gasteiger partial charge on any atom is -0.469 e. The second kappa shape index (κ2) is 8.64. The zero-order valence-electron chi connectivity index (χ0n) is 12.5. The van der Waals surface area contributed by atoms with Gasteiger partial charge in [-0.15, -0.1) is 0 Å². The lowest BCUT2D eigenvalue weighted by molar-refractivity contribution is -0.145. The molecule has 1 aromatic rings. The number of carbonyl (C=O) groups is 2. The Bertz CT molecular complexity index is 475. The van der Waals surface area contributed by atoms with Crippen molar-refractivity contribution >= 4 is 23.5 Å². The molecule has 0 aliphatic rings. The minimum absolute atomic E-state index is 0.167. The molecule has 0 radical (unpaired) electrons. The predicted octanol–water partition coefficient (Wildman–Crippen LogP) is 2.24. The minimum atomic E-state index is -0.400. The summed E-state index contributed by atoms with van der Waals surface area (Å²) in [5, 5.41) is 0.568. The predicted molar refractivity (Wildman–Crippen MR) is 80.4 cm³/mol. The molecule has 0 heterocycles. The summed E-state index contributed by atoms with van der Waals surface area (Å²) in [5.41, 5.74) is 0.521. The Kier molecular flexibility index (Phi) is 7.19. The fourth-order valence-electron chi connectivity index (χ4n) is 1.86. The van der Waals surface area contributed by atoms with Crippen molar-refractivity contribution in [2.24, 2.45) is 5.92 Å². The van der Waals surface area contributed by atoms with Gasteiger partial charge >= 0.3 is 5.97 Å². The van der Waals surface area contributed by atoms with E-state index in [-0.39, 0.29) is 18.4 Å². The Morgan fingerprint density at radius 2 is 1.86 bits per heavy atom. The highest BCUT2D eigenvalue weighted by Gasteiger charge is 2.22. The number of halogens is 1. The molecule has 1 unspecified atom stereocenters. The molecule has 1 rings (SSSR count). The third-order valence-electron chi connectivity index (χ3n) is 3.04. The summed E-state index contributed by atoms with van der Waals surface area (Å²) in [5.74, 6) is -0.913. The number of ether oxygens (including phenoxy) is 2. The average molecular weight is 314 g/mol. The molecule has 0 aliphatic carbocycles. The standard InChI is InChI=1S/C15H20ClNO4/c1-11(15(19)21-3)10-17(8-9-20-2)14(18)12-4-6-13(16)7-5-12/h4-7,11H,8-10H2,1-3H3. The van der Waals surface area contributed by atoms with Crippen LogP contribution in [0.5, 0.6) is 0 Å². The molecule has 0 aliphatic heterocycles. The molecule has 0 fully saturated rings. The summed E-state index contributed by atoms with van der Waals surface area (Å²) in [4.78, 5) is 25.6. The van der Waals surface area contributed by atoms with Crippen LogP contribution in [-0.2, 0) is 14.3 Å². The molecule has 0 spiro atoms. The number of amides is 1. The first-order valence-corrected chi connectivity index (χ1v) is 6.99. The fraction of sp³-hybridized carbons (Fsp3) is 0.467. The van der Waals surface area contributed by atoms with Crippen molar-refractivity contribution in [3.8, 4) is 0 Å². The molecular formula is C15H20ClNO4. The molecule has 21 heavy (non-hydrogen) atoms. The number of hydrogen-bond acceptors (Lipinski definition) is 4. The van der Waals surface area contributed by atoms with E-state index in [9.17, 15) is 9.59 Å². The zero-order chi connectivity index (χ0) is 15.8. The molecule has 5 nitrogen and oxygen atoms in total. The van der Waals surface area contributed by atoms with Crippen molar-refractivity contribution in [3.05, 3.63) is 34.9 Å². The van der Waals surface area contributed by atoms with Gasteiger partial charge in [-0.2, -0.15) is 0 Å². The van der Waals surface area contributed by atoms with Crippen LogP contribution in [0.25, 0.3) is 0 Å². The Balaban J connectivity index is 2.82. The molecule has 6 heteroatoms. The number of nitrogens with zero attached hydrogens (tertiary/aromatic N) is 1. The molecule has 116 valence electrons. The van der Waals surface area contributed by atoms with Gasteiger partial charge < -0.3 is 14.4 Å². The number of methoxy groups -OCH3 is 2. The van der Waals surface area contributed by atoms with Gasteiger partial charge in [0.25, 0.3) is 5.91 Å². The van der Waals surface area contributed by atoms with Crippen LogP contribution in [0, 0.1) is 5.92 Å². The van der Waals surface area contributed by atoms with Crippen molar-refractivity contribution in [3.63, 3.8) is 0 Å². The third kappa shape index (κ3) is 5.36. The van der Waals surface area contributed by atoms with E-state index in [2.05, 4.69) is 0 Å². The first-order chi connectivity index (χ1) is 9.99. The highest BCUT2D eigenvalue weighted by Crippen LogP contribution is 2.13. The number of benzene rings is 1. The topological polar surface area (TPSA) is 55.8 Å². The van der Waals surface area contributed by atoms with E-state index in [1.807, 2.05) is 0 Å². The van der Waals surface area contributed by atoms with Crippen LogP contribution in [0.4, 0.5) is 0 Å². The summed E-state index contributed by atoms with van der Waals surface area (Å²) in [7, 11) is 2.90. The number of carbonyl (C=O) groups excluding carboxylic acids is 2. The molecule has 1 atom stereocenters. The van der Waals surface area contributed by atoms with E-state index in [0.29, 0.717) is 23.7 Å². The van der Waals surface area contributed by atoms with E-state index in [0.717, 1.165) is 0 Å². The number of esters is 1. The van der Waals surface area contributed by atoms with Crippen LogP contribution in [-0.4, -0.2) is 50.7 Å². The second-order valence-corrected chi connectivity index (χ2v) is 5.11. The Morgan fingerprint density at radius 1 is 1.24 bits per heavy atom. The lowest BCUT2D eigenvalue weighted by atomic mass is 10.1. The van der Waals surface area contributed by atoms with Gasteiger partial charge in [0.1, 0.15) is 0 Å². The highest BCUT2D eigenvalue weighted by molar-refractivity contribution is 6.30. The van der Waals surface area contributed by atoms with Crippen molar-refractivity contribution < 1.29 is 19.1 Å². The van der Waals surface area contributed by atoms with Gasteiger partial charge in [0, 0.05) is 30.8 Å². The van der Waals surface area contributed by atoms with Crippen molar-refractivity contribution in [1.82, 2.24) is 4.90 Å². The molecule has 0 aromatic heterocycles. The lowest BCUT2D eigenvalue weighted by Crippen LogP contribution is -2.39. The van der Waals surface area contributed by atoms with Crippen LogP contribution in [0.15, 0.2) is 24.3 Å². The first-order valence-electron chi connectivity index (χ1n) is 6.61. The molecule has 0 N–H and O–H groups in total. The molecule has 1 aromatic carbocycles. The van der Waals surface area contributed by atoms with Gasteiger partial charge in [-0.05, 0) is 24.3 Å². The smallest absolute Gasteiger partial charge is 0.310 e. The maximum absolute atomic E-state index is 12.5. The van der Waals surface area contributed by atoms with E-state index in [4.69, 9.17) is 21.1 Å². The van der Waals surface area contributed by atoms with Crippen LogP contribution in [0.2, 0.25) is 5.02 Å². The Hall–Kier alpha value is -1.59. The summed E-state index contributed by atoms with van der Waals surface area (Å²) in [6.45, 7) is 2.80. The van der Waals surface area contributed by atoms with Crippen molar-refractivity contribution in [1.29, 1.82) is 0 Å². The molecule has 0 saturated carbocycles. The maximum atomic E-state index is 12.5. The normalized spacial score (nSPS) is 11.8. The quantitative estimate of drug-likeness (QED) is 0.724. The van der Waals surface area contributed by atoms with Gasteiger partial charge in [-0.25, -0.2) is 0 Å². The van der Waals surface area contributed by atoms with Crippen molar-refractivity contribution in [2.45, 2.75) is 6.92 Å². The number of rotatable bonds is 7. The maximum Gasteiger partial charge on any atom is 0.310 e. The zero-order valence-corrected chi connectivity index (χ0v) is 13.2. The van der Waals surface area contributed by atoms with E-state index in [1.54, 1.807) is 43.2 Å². The molecule has 1 amide bonds. The van der Waals surface area contributed by atoms with E-state index >= 15 is 0 Å². The van der Waals surface area contributed by atoms with Crippen LogP contribution in [0.1, 0.15) is 17.3 Å². The molecule has 0 bridgehead atoms. The Labute approximate surface area is 129 Å². The van der Waals surface area contributed by atoms with Gasteiger partial charge in [0.05, 0.1) is 19.6 Å². The molecule has 0 saturated heterocycles. The van der Waals surface area contributed by atoms with Gasteiger partial charge in [0.2, 0.25) is 0 Å². The summed E-state index contributed by atoms with van der Waals surface area (Å²) < 4.78 is 9.71. The highest BCUT2D eigenvalue weighted by atomic mass is 35.5. The van der Waals surface area contributed by atoms with Crippen LogP contribution in [0.3, 0.4) is 0 Å². The average Bonchev–Trinajstić information content (AvgIpc) is 2.50. The van der Waals surface area contributed by atoms with Crippen LogP contribution >= 0.6 is 11.6 Å². The second-order valence-electron chi connectivity index (χ2n) is 4.68. The first kappa shape index (κ1) is 17.5. The van der Waals surface area contributed by atoms with Crippen LogP contribution < -0.4 is 0 Å². The fourth-order valence-corrected chi connectivity index (χ4v) is 1.98. The van der Waals surface area contributed by atoms with Crippen molar-refractivity contribution in [2.75, 3.05) is 33.9 Å². The lowest BCUT2D eigenvalue weighted by Gasteiger charge is -2.25. The third-order valence-corrected chi connectivity index (χ3v) is 3.29. The summed E-state index contributed by atoms with van der Waals surface area (Å²) >= 11 is 5.82. The monoisotopic (exact) mass is 313 g/mol. The number of hydrogen-bond donors (Lipinski definition) is 0. The van der Waals surface area contributed by atoms with E-state index < -0.39 is 5.92 Å². The van der Waals surface area contributed by atoms with Gasteiger partial charge in [-0.3, -0.25) is 9.59 Å².